The average Bonchev–Trinajstić information content (AvgIpc) is 2.31. The molecule has 0 aromatic heterocycles. The zero-order chi connectivity index (χ0) is 9.41. The molecule has 0 N–H and O–H groups in total. The first-order valence-corrected chi connectivity index (χ1v) is 4.78. The largest absolute Gasteiger partial charge is 0.363 e. The third-order valence-corrected chi connectivity index (χ3v) is 2.83. The molecule has 0 saturated carbocycles. The summed E-state index contributed by atoms with van der Waals surface area (Å²) in [6.07, 6.45) is 5.73. The molecule has 1 aliphatic heterocycles. The Labute approximate surface area is 75.8 Å². The molecule has 0 aromatic carbocycles. The van der Waals surface area contributed by atoms with Crippen LogP contribution in [0, 0.1) is 5.41 Å². The van der Waals surface area contributed by atoms with Crippen molar-refractivity contribution in [3.05, 3.63) is 12.2 Å². The molecule has 1 heterocycles. The third-order valence-electron chi connectivity index (χ3n) is 2.83. The molecule has 1 aliphatic rings. The minimum Gasteiger partial charge on any atom is -0.363 e. The van der Waals surface area contributed by atoms with Crippen molar-refractivity contribution < 1.29 is 4.74 Å². The number of rotatable bonds is 1. The predicted molar refractivity (Wildman–Crippen MR) is 52.2 cm³/mol. The van der Waals surface area contributed by atoms with Gasteiger partial charge in [0.25, 0.3) is 0 Å². The Balaban J connectivity index is 2.87. The molecule has 0 aliphatic carbocycles. The standard InChI is InChI=1S/C11H20O/c1-6-11(10(3,4)5)8-7-9(2)12-11/h7-9H,6H2,1-5H3. The van der Waals surface area contributed by atoms with Crippen LogP contribution in [0.15, 0.2) is 12.2 Å². The highest BCUT2D eigenvalue weighted by Gasteiger charge is 2.42. The number of hydrogen-bond acceptors (Lipinski definition) is 1. The Morgan fingerprint density at radius 1 is 1.42 bits per heavy atom. The summed E-state index contributed by atoms with van der Waals surface area (Å²) < 4.78 is 5.95. The fourth-order valence-corrected chi connectivity index (χ4v) is 1.86. The highest BCUT2D eigenvalue weighted by molar-refractivity contribution is 5.15. The van der Waals surface area contributed by atoms with E-state index in [-0.39, 0.29) is 17.1 Å². The first kappa shape index (κ1) is 9.79. The summed E-state index contributed by atoms with van der Waals surface area (Å²) in [5.41, 5.74) is 0.162. The first-order chi connectivity index (χ1) is 5.41. The molecular formula is C11H20O. The van der Waals surface area contributed by atoms with Gasteiger partial charge in [-0.2, -0.15) is 0 Å². The van der Waals surface area contributed by atoms with Crippen LogP contribution < -0.4 is 0 Å². The zero-order valence-corrected chi connectivity index (χ0v) is 8.85. The summed E-state index contributed by atoms with van der Waals surface area (Å²) in [5.74, 6) is 0. The molecule has 0 amide bonds. The quantitative estimate of drug-likeness (QED) is 0.546. The van der Waals surface area contributed by atoms with Gasteiger partial charge in [0.05, 0.1) is 11.7 Å². The second kappa shape index (κ2) is 2.88. The van der Waals surface area contributed by atoms with Crippen molar-refractivity contribution in [2.45, 2.75) is 52.7 Å². The molecule has 2 unspecified atom stereocenters. The third kappa shape index (κ3) is 1.42. The van der Waals surface area contributed by atoms with Crippen molar-refractivity contribution in [1.82, 2.24) is 0 Å². The van der Waals surface area contributed by atoms with Crippen LogP contribution in [0.25, 0.3) is 0 Å². The Hall–Kier alpha value is -0.300. The zero-order valence-electron chi connectivity index (χ0n) is 8.85. The lowest BCUT2D eigenvalue weighted by Crippen LogP contribution is -2.41. The van der Waals surface area contributed by atoms with E-state index in [1.807, 2.05) is 0 Å². The molecule has 12 heavy (non-hydrogen) atoms. The van der Waals surface area contributed by atoms with Gasteiger partial charge in [-0.3, -0.25) is 0 Å². The van der Waals surface area contributed by atoms with E-state index >= 15 is 0 Å². The summed E-state index contributed by atoms with van der Waals surface area (Å²) in [7, 11) is 0. The normalized spacial score (nSPS) is 35.9. The fourth-order valence-electron chi connectivity index (χ4n) is 1.86. The molecule has 0 saturated heterocycles. The van der Waals surface area contributed by atoms with E-state index < -0.39 is 0 Å². The van der Waals surface area contributed by atoms with Crippen molar-refractivity contribution in [3.63, 3.8) is 0 Å². The molecule has 0 aromatic rings. The number of hydrogen-bond donors (Lipinski definition) is 0. The van der Waals surface area contributed by atoms with E-state index in [4.69, 9.17) is 4.74 Å². The molecule has 0 fully saturated rings. The second-order valence-corrected chi connectivity index (χ2v) is 4.68. The van der Waals surface area contributed by atoms with Crippen molar-refractivity contribution in [3.8, 4) is 0 Å². The monoisotopic (exact) mass is 168 g/mol. The topological polar surface area (TPSA) is 9.23 Å². The van der Waals surface area contributed by atoms with Crippen LogP contribution in [-0.2, 0) is 4.74 Å². The van der Waals surface area contributed by atoms with Gasteiger partial charge in [0, 0.05) is 0 Å². The van der Waals surface area contributed by atoms with Crippen molar-refractivity contribution in [2.24, 2.45) is 5.41 Å². The molecule has 0 radical (unpaired) electrons. The van der Waals surface area contributed by atoms with Gasteiger partial charge < -0.3 is 4.74 Å². The molecular weight excluding hydrogens is 148 g/mol. The van der Waals surface area contributed by atoms with Crippen molar-refractivity contribution >= 4 is 0 Å². The van der Waals surface area contributed by atoms with Gasteiger partial charge in [-0.05, 0) is 18.8 Å². The molecule has 0 spiro atoms. The molecule has 1 rings (SSSR count). The van der Waals surface area contributed by atoms with E-state index in [1.165, 1.54) is 0 Å². The van der Waals surface area contributed by atoms with E-state index in [9.17, 15) is 0 Å². The summed E-state index contributed by atoms with van der Waals surface area (Å²) in [4.78, 5) is 0. The minimum atomic E-state index is -0.0353. The second-order valence-electron chi connectivity index (χ2n) is 4.68. The lowest BCUT2D eigenvalue weighted by Gasteiger charge is -2.40. The van der Waals surface area contributed by atoms with Crippen LogP contribution in [0.4, 0.5) is 0 Å². The average molecular weight is 168 g/mol. The van der Waals surface area contributed by atoms with Crippen LogP contribution in [-0.4, -0.2) is 11.7 Å². The molecule has 0 bridgehead atoms. The highest BCUT2D eigenvalue weighted by Crippen LogP contribution is 2.41. The number of ether oxygens (including phenoxy) is 1. The Morgan fingerprint density at radius 3 is 2.17 bits per heavy atom. The molecule has 2 atom stereocenters. The summed E-state index contributed by atoms with van der Waals surface area (Å²) >= 11 is 0. The van der Waals surface area contributed by atoms with E-state index in [1.54, 1.807) is 0 Å². The van der Waals surface area contributed by atoms with Gasteiger partial charge in [0.15, 0.2) is 0 Å². The van der Waals surface area contributed by atoms with Gasteiger partial charge >= 0.3 is 0 Å². The Morgan fingerprint density at radius 2 is 2.00 bits per heavy atom. The first-order valence-electron chi connectivity index (χ1n) is 4.78. The van der Waals surface area contributed by atoms with Crippen LogP contribution >= 0.6 is 0 Å². The van der Waals surface area contributed by atoms with Crippen molar-refractivity contribution in [1.29, 1.82) is 0 Å². The van der Waals surface area contributed by atoms with Crippen LogP contribution in [0.5, 0.6) is 0 Å². The molecule has 1 heteroatoms. The minimum absolute atomic E-state index is 0.0353. The SMILES string of the molecule is CCC1(C(C)(C)C)C=CC(C)O1. The van der Waals surface area contributed by atoms with Gasteiger partial charge in [0.1, 0.15) is 0 Å². The van der Waals surface area contributed by atoms with Gasteiger partial charge in [-0.1, -0.05) is 39.8 Å². The van der Waals surface area contributed by atoms with Crippen LogP contribution in [0.1, 0.15) is 41.0 Å². The lowest BCUT2D eigenvalue weighted by atomic mass is 9.75. The Kier molecular flexibility index (Phi) is 2.35. The maximum absolute atomic E-state index is 5.95. The molecule has 70 valence electrons. The van der Waals surface area contributed by atoms with Crippen LogP contribution in [0.3, 0.4) is 0 Å². The van der Waals surface area contributed by atoms with Crippen LogP contribution in [0.2, 0.25) is 0 Å². The van der Waals surface area contributed by atoms with Gasteiger partial charge in [0.2, 0.25) is 0 Å². The Bertz CT molecular complexity index is 188. The highest BCUT2D eigenvalue weighted by atomic mass is 16.5. The summed E-state index contributed by atoms with van der Waals surface area (Å²) in [6, 6.07) is 0. The van der Waals surface area contributed by atoms with E-state index in [0.29, 0.717) is 0 Å². The predicted octanol–water partition coefficient (Wildman–Crippen LogP) is 3.16. The van der Waals surface area contributed by atoms with Crippen molar-refractivity contribution in [2.75, 3.05) is 0 Å². The maximum atomic E-state index is 5.95. The summed E-state index contributed by atoms with van der Waals surface area (Å²) in [5, 5.41) is 0. The fraction of sp³-hybridized carbons (Fsp3) is 0.818. The van der Waals surface area contributed by atoms with E-state index in [2.05, 4.69) is 46.8 Å². The van der Waals surface area contributed by atoms with Gasteiger partial charge in [-0.25, -0.2) is 0 Å². The van der Waals surface area contributed by atoms with Gasteiger partial charge in [-0.15, -0.1) is 0 Å². The van der Waals surface area contributed by atoms with E-state index in [0.717, 1.165) is 6.42 Å². The summed E-state index contributed by atoms with van der Waals surface area (Å²) in [6.45, 7) is 11.0. The smallest absolute Gasteiger partial charge is 0.0916 e. The maximum Gasteiger partial charge on any atom is 0.0916 e. The lowest BCUT2D eigenvalue weighted by molar-refractivity contribution is -0.0868. The molecule has 1 nitrogen and oxygen atoms in total.